The van der Waals surface area contributed by atoms with Crippen LogP contribution in [0.25, 0.3) is 11.4 Å². The Kier molecular flexibility index (Phi) is 5.11. The highest BCUT2D eigenvalue weighted by molar-refractivity contribution is 9.10. The normalized spacial score (nSPS) is 11.2. The summed E-state index contributed by atoms with van der Waals surface area (Å²) in [5.74, 6) is 1.51. The van der Waals surface area contributed by atoms with Crippen molar-refractivity contribution in [3.8, 4) is 11.4 Å². The summed E-state index contributed by atoms with van der Waals surface area (Å²) >= 11 is 3.45. The Bertz CT molecular complexity index is 544. The molecule has 0 saturated heterocycles. The molecular formula is C14H20BrN5. The van der Waals surface area contributed by atoms with E-state index in [9.17, 15) is 0 Å². The lowest BCUT2D eigenvalue weighted by Gasteiger charge is -2.07. The van der Waals surface area contributed by atoms with Crippen LogP contribution in [0, 0.1) is 5.92 Å². The first-order chi connectivity index (χ1) is 9.56. The van der Waals surface area contributed by atoms with Crippen molar-refractivity contribution >= 4 is 21.6 Å². The molecule has 0 unspecified atom stereocenters. The number of anilines is 1. The van der Waals surface area contributed by atoms with Crippen molar-refractivity contribution in [2.75, 3.05) is 5.73 Å². The zero-order chi connectivity index (χ0) is 14.5. The maximum Gasteiger partial charge on any atom is 0.182 e. The van der Waals surface area contributed by atoms with Crippen molar-refractivity contribution in [1.82, 2.24) is 20.2 Å². The number of unbranched alkanes of at least 4 members (excludes halogenated alkanes) is 1. The van der Waals surface area contributed by atoms with Crippen molar-refractivity contribution in [2.24, 2.45) is 5.92 Å². The van der Waals surface area contributed by atoms with Gasteiger partial charge in [-0.25, -0.2) is 4.68 Å². The summed E-state index contributed by atoms with van der Waals surface area (Å²) in [4.78, 5) is 0. The molecule has 1 aromatic heterocycles. The van der Waals surface area contributed by atoms with Crippen molar-refractivity contribution in [1.29, 1.82) is 0 Å². The van der Waals surface area contributed by atoms with Crippen LogP contribution in [-0.2, 0) is 6.54 Å². The van der Waals surface area contributed by atoms with E-state index in [4.69, 9.17) is 5.73 Å². The Hall–Kier alpha value is -1.43. The molecule has 0 aliphatic rings. The van der Waals surface area contributed by atoms with Crippen molar-refractivity contribution in [3.05, 3.63) is 22.7 Å². The standard InChI is InChI=1S/C14H20BrN5/c1-10(2)5-3-4-6-20-14(17-18-19-20)11-7-12(15)9-13(16)8-11/h7-10H,3-6,16H2,1-2H3. The van der Waals surface area contributed by atoms with Gasteiger partial charge in [0.05, 0.1) is 0 Å². The average Bonchev–Trinajstić information content (AvgIpc) is 2.81. The molecule has 0 spiro atoms. The third-order valence-corrected chi connectivity index (χ3v) is 3.57. The highest BCUT2D eigenvalue weighted by Crippen LogP contribution is 2.24. The van der Waals surface area contributed by atoms with Crippen LogP contribution >= 0.6 is 15.9 Å². The minimum Gasteiger partial charge on any atom is -0.399 e. The van der Waals surface area contributed by atoms with E-state index in [0.717, 1.165) is 34.7 Å². The molecule has 0 atom stereocenters. The van der Waals surface area contributed by atoms with Crippen molar-refractivity contribution < 1.29 is 0 Å². The third kappa shape index (κ3) is 4.03. The average molecular weight is 338 g/mol. The van der Waals surface area contributed by atoms with Crippen LogP contribution < -0.4 is 5.73 Å². The minimum atomic E-state index is 0.698. The van der Waals surface area contributed by atoms with Crippen LogP contribution in [0.4, 0.5) is 5.69 Å². The molecular weight excluding hydrogens is 318 g/mol. The molecule has 20 heavy (non-hydrogen) atoms. The topological polar surface area (TPSA) is 69.6 Å². The molecule has 0 saturated carbocycles. The molecule has 1 aromatic carbocycles. The van der Waals surface area contributed by atoms with Gasteiger partial charge in [0.1, 0.15) is 0 Å². The summed E-state index contributed by atoms with van der Waals surface area (Å²) < 4.78 is 2.78. The highest BCUT2D eigenvalue weighted by atomic mass is 79.9. The number of halogens is 1. The number of aromatic nitrogens is 4. The van der Waals surface area contributed by atoms with Gasteiger partial charge in [0, 0.05) is 22.3 Å². The summed E-state index contributed by atoms with van der Waals surface area (Å²) in [5, 5.41) is 12.0. The molecule has 0 bridgehead atoms. The summed E-state index contributed by atoms with van der Waals surface area (Å²) in [5.41, 5.74) is 7.50. The number of tetrazole rings is 1. The summed E-state index contributed by atoms with van der Waals surface area (Å²) in [6.07, 6.45) is 3.51. The number of nitrogens with two attached hydrogens (primary N) is 1. The maximum absolute atomic E-state index is 5.86. The smallest absolute Gasteiger partial charge is 0.182 e. The molecule has 2 rings (SSSR count). The Morgan fingerprint density at radius 1 is 1.25 bits per heavy atom. The molecule has 0 aliphatic heterocycles. The Morgan fingerprint density at radius 3 is 2.75 bits per heavy atom. The predicted octanol–water partition coefficient (Wildman–Crippen LogP) is 3.51. The Morgan fingerprint density at radius 2 is 2.05 bits per heavy atom. The molecule has 6 heteroatoms. The zero-order valence-corrected chi connectivity index (χ0v) is 13.5. The van der Waals surface area contributed by atoms with Gasteiger partial charge >= 0.3 is 0 Å². The van der Waals surface area contributed by atoms with Gasteiger partial charge in [-0.05, 0) is 41.0 Å². The van der Waals surface area contributed by atoms with E-state index in [1.165, 1.54) is 12.8 Å². The number of benzene rings is 1. The second kappa shape index (κ2) is 6.83. The molecule has 5 nitrogen and oxygen atoms in total. The van der Waals surface area contributed by atoms with Gasteiger partial charge in [-0.2, -0.15) is 0 Å². The van der Waals surface area contributed by atoms with Gasteiger partial charge in [-0.1, -0.05) is 42.6 Å². The fraction of sp³-hybridized carbons (Fsp3) is 0.500. The first-order valence-electron chi connectivity index (χ1n) is 6.89. The highest BCUT2D eigenvalue weighted by Gasteiger charge is 2.10. The molecule has 108 valence electrons. The van der Waals surface area contributed by atoms with Gasteiger partial charge in [0.2, 0.25) is 0 Å². The van der Waals surface area contributed by atoms with Crippen LogP contribution in [0.3, 0.4) is 0 Å². The molecule has 0 aliphatic carbocycles. The molecule has 0 amide bonds. The van der Waals surface area contributed by atoms with Crippen LogP contribution in [0.1, 0.15) is 33.1 Å². The van der Waals surface area contributed by atoms with Gasteiger partial charge in [0.25, 0.3) is 0 Å². The van der Waals surface area contributed by atoms with Crippen molar-refractivity contribution in [3.63, 3.8) is 0 Å². The molecule has 2 aromatic rings. The first kappa shape index (κ1) is 15.0. The summed E-state index contributed by atoms with van der Waals surface area (Å²) in [7, 11) is 0. The van der Waals surface area contributed by atoms with Crippen LogP contribution in [0.5, 0.6) is 0 Å². The lowest BCUT2D eigenvalue weighted by molar-refractivity contribution is 0.487. The van der Waals surface area contributed by atoms with E-state index in [-0.39, 0.29) is 0 Å². The molecule has 2 N–H and O–H groups in total. The Labute approximate surface area is 127 Å². The Balaban J connectivity index is 2.08. The zero-order valence-electron chi connectivity index (χ0n) is 11.9. The number of hydrogen-bond acceptors (Lipinski definition) is 4. The van der Waals surface area contributed by atoms with Crippen LogP contribution in [0.2, 0.25) is 0 Å². The van der Waals surface area contributed by atoms with E-state index in [0.29, 0.717) is 5.69 Å². The molecule has 0 radical (unpaired) electrons. The lowest BCUT2D eigenvalue weighted by atomic mass is 10.1. The summed E-state index contributed by atoms with van der Waals surface area (Å²) in [6.45, 7) is 5.32. The SMILES string of the molecule is CC(C)CCCCn1nnnc1-c1cc(N)cc(Br)c1. The first-order valence-corrected chi connectivity index (χ1v) is 7.68. The van der Waals surface area contributed by atoms with E-state index < -0.39 is 0 Å². The quantitative estimate of drug-likeness (QED) is 0.646. The number of nitrogen functional groups attached to an aromatic ring is 1. The molecule has 0 fully saturated rings. The number of nitrogens with zero attached hydrogens (tertiary/aromatic N) is 4. The van der Waals surface area contributed by atoms with E-state index in [1.807, 2.05) is 22.9 Å². The van der Waals surface area contributed by atoms with E-state index >= 15 is 0 Å². The fourth-order valence-electron chi connectivity index (χ4n) is 2.12. The van der Waals surface area contributed by atoms with Crippen LogP contribution in [0.15, 0.2) is 22.7 Å². The largest absolute Gasteiger partial charge is 0.399 e. The number of aryl methyl sites for hydroxylation is 1. The van der Waals surface area contributed by atoms with Gasteiger partial charge in [-0.3, -0.25) is 0 Å². The van der Waals surface area contributed by atoms with E-state index in [2.05, 4.69) is 45.3 Å². The van der Waals surface area contributed by atoms with E-state index in [1.54, 1.807) is 0 Å². The monoisotopic (exact) mass is 337 g/mol. The van der Waals surface area contributed by atoms with Crippen molar-refractivity contribution in [2.45, 2.75) is 39.7 Å². The third-order valence-electron chi connectivity index (χ3n) is 3.11. The second-order valence-electron chi connectivity index (χ2n) is 5.39. The van der Waals surface area contributed by atoms with Gasteiger partial charge in [-0.15, -0.1) is 5.10 Å². The predicted molar refractivity (Wildman–Crippen MR) is 84.1 cm³/mol. The number of hydrogen-bond donors (Lipinski definition) is 1. The fourth-order valence-corrected chi connectivity index (χ4v) is 2.63. The minimum absolute atomic E-state index is 0.698. The second-order valence-corrected chi connectivity index (χ2v) is 6.30. The van der Waals surface area contributed by atoms with Crippen LogP contribution in [-0.4, -0.2) is 20.2 Å². The van der Waals surface area contributed by atoms with Gasteiger partial charge in [0.15, 0.2) is 5.82 Å². The molecule has 1 heterocycles. The summed E-state index contributed by atoms with van der Waals surface area (Å²) in [6, 6.07) is 5.73. The lowest BCUT2D eigenvalue weighted by Crippen LogP contribution is -2.04. The van der Waals surface area contributed by atoms with Gasteiger partial charge < -0.3 is 5.73 Å². The maximum atomic E-state index is 5.86. The number of rotatable bonds is 6.